The van der Waals surface area contributed by atoms with Gasteiger partial charge in [-0.05, 0) is 67.8 Å². The van der Waals surface area contributed by atoms with Crippen molar-refractivity contribution in [3.05, 3.63) is 64.1 Å². The van der Waals surface area contributed by atoms with Crippen LogP contribution in [0.1, 0.15) is 22.3 Å². The Bertz CT molecular complexity index is 799. The smallest absolute Gasteiger partial charge is 0.255 e. The van der Waals surface area contributed by atoms with E-state index in [2.05, 4.69) is 4.72 Å². The second kappa shape index (κ2) is 6.87. The van der Waals surface area contributed by atoms with Gasteiger partial charge in [0.1, 0.15) is 5.75 Å². The van der Waals surface area contributed by atoms with E-state index in [1.807, 2.05) is 32.9 Å². The van der Waals surface area contributed by atoms with Gasteiger partial charge in [-0.15, -0.1) is 0 Å². The Morgan fingerprint density at radius 1 is 1.00 bits per heavy atom. The molecular weight excluding hydrogens is 310 g/mol. The zero-order valence-electron chi connectivity index (χ0n) is 13.8. The van der Waals surface area contributed by atoms with Crippen LogP contribution < -0.4 is 9.46 Å². The molecule has 2 aromatic rings. The van der Waals surface area contributed by atoms with E-state index < -0.39 is 10.0 Å². The molecule has 2 aromatic carbocycles. The van der Waals surface area contributed by atoms with Gasteiger partial charge < -0.3 is 4.74 Å². The largest absolute Gasteiger partial charge is 0.497 e. The molecule has 0 aliphatic rings. The number of sulfonamides is 1. The van der Waals surface area contributed by atoms with Crippen molar-refractivity contribution in [2.24, 2.45) is 0 Å². The Labute approximate surface area is 137 Å². The minimum Gasteiger partial charge on any atom is -0.497 e. The maximum atomic E-state index is 12.2. The van der Waals surface area contributed by atoms with E-state index in [0.717, 1.165) is 22.3 Å². The third-order valence-corrected chi connectivity index (χ3v) is 4.52. The fourth-order valence-electron chi connectivity index (χ4n) is 2.47. The Balaban J connectivity index is 2.20. The molecule has 0 aromatic heterocycles. The second-order valence-electron chi connectivity index (χ2n) is 5.49. The predicted molar refractivity (Wildman–Crippen MR) is 95.2 cm³/mol. The van der Waals surface area contributed by atoms with Gasteiger partial charge in [0.15, 0.2) is 0 Å². The molecule has 5 heteroatoms. The van der Waals surface area contributed by atoms with Gasteiger partial charge in [-0.25, -0.2) is 8.42 Å². The van der Waals surface area contributed by atoms with Gasteiger partial charge in [0.05, 0.1) is 12.5 Å². The summed E-state index contributed by atoms with van der Waals surface area (Å²) in [5.41, 5.74) is 4.69. The highest BCUT2D eigenvalue weighted by Gasteiger charge is 2.07. The molecular formula is C18H21NO3S. The molecule has 0 fully saturated rings. The number of anilines is 1. The molecule has 0 bridgehead atoms. The molecule has 0 atom stereocenters. The summed E-state index contributed by atoms with van der Waals surface area (Å²) in [6.07, 6.45) is 1.63. The van der Waals surface area contributed by atoms with Crippen LogP contribution in [0.15, 0.2) is 41.8 Å². The van der Waals surface area contributed by atoms with Crippen LogP contribution in [0.4, 0.5) is 5.69 Å². The number of aryl methyl sites for hydroxylation is 3. The SMILES string of the molecule is COc1ccc(NS(=O)(=O)/C=C/c2c(C)cc(C)cc2C)cc1. The van der Waals surface area contributed by atoms with Crippen LogP contribution in [-0.2, 0) is 10.0 Å². The van der Waals surface area contributed by atoms with Crippen LogP contribution in [0, 0.1) is 20.8 Å². The maximum absolute atomic E-state index is 12.2. The third-order valence-electron chi connectivity index (χ3n) is 3.50. The fourth-order valence-corrected chi connectivity index (χ4v) is 3.32. The van der Waals surface area contributed by atoms with E-state index in [-0.39, 0.29) is 0 Å². The summed E-state index contributed by atoms with van der Waals surface area (Å²) in [5.74, 6) is 0.675. The lowest BCUT2D eigenvalue weighted by Gasteiger charge is -2.08. The van der Waals surface area contributed by atoms with Gasteiger partial charge in [-0.2, -0.15) is 0 Å². The van der Waals surface area contributed by atoms with E-state index in [9.17, 15) is 8.42 Å². The number of ether oxygens (including phenoxy) is 1. The van der Waals surface area contributed by atoms with Crippen LogP contribution >= 0.6 is 0 Å². The van der Waals surface area contributed by atoms with E-state index in [0.29, 0.717) is 11.4 Å². The van der Waals surface area contributed by atoms with Crippen LogP contribution in [0.2, 0.25) is 0 Å². The summed E-state index contributed by atoms with van der Waals surface area (Å²) in [6.45, 7) is 5.97. The Hall–Kier alpha value is -2.27. The van der Waals surface area contributed by atoms with Crippen molar-refractivity contribution in [2.75, 3.05) is 11.8 Å². The number of rotatable bonds is 5. The molecule has 0 spiro atoms. The highest BCUT2D eigenvalue weighted by Crippen LogP contribution is 2.20. The molecule has 0 heterocycles. The monoisotopic (exact) mass is 331 g/mol. The molecule has 0 saturated heterocycles. The van der Waals surface area contributed by atoms with E-state index in [1.54, 1.807) is 37.5 Å². The molecule has 0 unspecified atom stereocenters. The average Bonchev–Trinajstić information content (AvgIpc) is 2.46. The Morgan fingerprint density at radius 2 is 1.57 bits per heavy atom. The number of benzene rings is 2. The van der Waals surface area contributed by atoms with Crippen molar-refractivity contribution >= 4 is 21.8 Å². The number of hydrogen-bond acceptors (Lipinski definition) is 3. The minimum absolute atomic E-state index is 0.493. The first-order valence-electron chi connectivity index (χ1n) is 7.23. The normalized spacial score (nSPS) is 11.7. The molecule has 122 valence electrons. The van der Waals surface area contributed by atoms with Gasteiger partial charge in [-0.1, -0.05) is 17.7 Å². The number of hydrogen-bond donors (Lipinski definition) is 1. The maximum Gasteiger partial charge on any atom is 0.255 e. The highest BCUT2D eigenvalue weighted by atomic mass is 32.2. The zero-order chi connectivity index (χ0) is 17.0. The van der Waals surface area contributed by atoms with Crippen molar-refractivity contribution in [3.63, 3.8) is 0 Å². The molecule has 0 radical (unpaired) electrons. The molecule has 0 amide bonds. The molecule has 4 nitrogen and oxygen atoms in total. The summed E-state index contributed by atoms with van der Waals surface area (Å²) in [5, 5.41) is 1.20. The minimum atomic E-state index is -3.57. The predicted octanol–water partition coefficient (Wildman–Crippen LogP) is 4.03. The van der Waals surface area contributed by atoms with Crippen molar-refractivity contribution in [3.8, 4) is 5.75 Å². The lowest BCUT2D eigenvalue weighted by molar-refractivity contribution is 0.415. The van der Waals surface area contributed by atoms with Crippen molar-refractivity contribution in [1.82, 2.24) is 0 Å². The lowest BCUT2D eigenvalue weighted by atomic mass is 10.0. The van der Waals surface area contributed by atoms with Crippen molar-refractivity contribution in [1.29, 1.82) is 0 Å². The van der Waals surface area contributed by atoms with Crippen LogP contribution in [0.3, 0.4) is 0 Å². The van der Waals surface area contributed by atoms with Gasteiger partial charge >= 0.3 is 0 Å². The summed E-state index contributed by atoms with van der Waals surface area (Å²) in [7, 11) is -2.00. The molecule has 2 rings (SSSR count). The summed E-state index contributed by atoms with van der Waals surface area (Å²) in [6, 6.07) is 10.8. The van der Waals surface area contributed by atoms with E-state index >= 15 is 0 Å². The summed E-state index contributed by atoms with van der Waals surface area (Å²) < 4.78 is 31.9. The van der Waals surface area contributed by atoms with Gasteiger partial charge in [0.2, 0.25) is 0 Å². The van der Waals surface area contributed by atoms with Crippen molar-refractivity contribution < 1.29 is 13.2 Å². The molecule has 0 aliphatic heterocycles. The topological polar surface area (TPSA) is 55.4 Å². The van der Waals surface area contributed by atoms with Crippen LogP contribution in [0.5, 0.6) is 5.75 Å². The van der Waals surface area contributed by atoms with Crippen LogP contribution in [0.25, 0.3) is 6.08 Å². The first-order valence-corrected chi connectivity index (χ1v) is 8.78. The van der Waals surface area contributed by atoms with Gasteiger partial charge in [0, 0.05) is 5.69 Å². The molecule has 23 heavy (non-hydrogen) atoms. The van der Waals surface area contributed by atoms with Crippen LogP contribution in [-0.4, -0.2) is 15.5 Å². The number of nitrogens with one attached hydrogen (secondary N) is 1. The van der Waals surface area contributed by atoms with Crippen molar-refractivity contribution in [2.45, 2.75) is 20.8 Å². The molecule has 0 aliphatic carbocycles. The second-order valence-corrected chi connectivity index (χ2v) is 7.06. The average molecular weight is 331 g/mol. The highest BCUT2D eigenvalue weighted by molar-refractivity contribution is 7.95. The third kappa shape index (κ3) is 4.60. The Kier molecular flexibility index (Phi) is 5.11. The van der Waals surface area contributed by atoms with Gasteiger partial charge in [0.25, 0.3) is 10.0 Å². The first-order chi connectivity index (χ1) is 10.8. The first kappa shape index (κ1) is 17.1. The standard InChI is InChI=1S/C18H21NO3S/c1-13-11-14(2)18(15(3)12-13)9-10-23(20,21)19-16-5-7-17(22-4)8-6-16/h5-12,19H,1-4H3/b10-9+. The van der Waals surface area contributed by atoms with Gasteiger partial charge in [-0.3, -0.25) is 4.72 Å². The molecule has 1 N–H and O–H groups in total. The zero-order valence-corrected chi connectivity index (χ0v) is 14.6. The lowest BCUT2D eigenvalue weighted by Crippen LogP contribution is -2.08. The fraction of sp³-hybridized carbons (Fsp3) is 0.222. The van der Waals surface area contributed by atoms with E-state index in [1.165, 1.54) is 5.41 Å². The summed E-state index contributed by atoms with van der Waals surface area (Å²) in [4.78, 5) is 0. The Morgan fingerprint density at radius 3 is 2.09 bits per heavy atom. The quantitative estimate of drug-likeness (QED) is 0.900. The van der Waals surface area contributed by atoms with E-state index in [4.69, 9.17) is 4.74 Å². The number of methoxy groups -OCH3 is 1. The molecule has 0 saturated carbocycles. The summed E-state index contributed by atoms with van der Waals surface area (Å²) >= 11 is 0.